The van der Waals surface area contributed by atoms with Crippen LogP contribution in [-0.2, 0) is 9.59 Å². The van der Waals surface area contributed by atoms with Crippen molar-refractivity contribution in [1.29, 1.82) is 10.5 Å². The zero-order valence-corrected chi connectivity index (χ0v) is 18.6. The number of carbonyl (C=O) groups is 2. The molecule has 2 aromatic heterocycles. The molecule has 1 saturated heterocycles. The second-order valence-corrected chi connectivity index (χ2v) is 8.07. The Morgan fingerprint density at radius 2 is 1.94 bits per heavy atom. The number of aryl methyl sites for hydroxylation is 1. The highest BCUT2D eigenvalue weighted by Gasteiger charge is 2.33. The molecule has 0 saturated carbocycles. The number of para-hydroxylation sites is 1. The quantitative estimate of drug-likeness (QED) is 0.460. The molecule has 0 bridgehead atoms. The van der Waals surface area contributed by atoms with E-state index in [-0.39, 0.29) is 33.6 Å². The molecule has 1 aliphatic heterocycles. The lowest BCUT2D eigenvalue weighted by Gasteiger charge is -2.18. The third kappa shape index (κ3) is 3.98. The molecule has 33 heavy (non-hydrogen) atoms. The van der Waals surface area contributed by atoms with Crippen molar-refractivity contribution in [3.8, 4) is 23.5 Å². The van der Waals surface area contributed by atoms with E-state index in [1.807, 2.05) is 19.1 Å². The molecule has 1 fully saturated rings. The minimum absolute atomic E-state index is 0.0194. The lowest BCUT2D eigenvalue weighted by Crippen LogP contribution is -2.27. The van der Waals surface area contributed by atoms with Crippen LogP contribution in [0.5, 0.6) is 0 Å². The third-order valence-electron chi connectivity index (χ3n) is 5.15. The van der Waals surface area contributed by atoms with Crippen molar-refractivity contribution in [2.45, 2.75) is 13.8 Å². The first kappa shape index (κ1) is 21.9. The molecule has 0 radical (unpaired) electrons. The molecule has 8 nitrogen and oxygen atoms in total. The van der Waals surface area contributed by atoms with E-state index in [0.29, 0.717) is 22.7 Å². The molecule has 0 atom stereocenters. The summed E-state index contributed by atoms with van der Waals surface area (Å²) in [6, 6.07) is 16.2. The van der Waals surface area contributed by atoms with E-state index in [9.17, 15) is 20.1 Å². The summed E-state index contributed by atoms with van der Waals surface area (Å²) in [6.07, 6.45) is 1.49. The summed E-state index contributed by atoms with van der Waals surface area (Å²) >= 11 is 1.11. The number of carbonyl (C=O) groups excluding carboxylic acids is 2. The fourth-order valence-corrected chi connectivity index (χ4v) is 4.49. The maximum absolute atomic E-state index is 13.2. The van der Waals surface area contributed by atoms with E-state index in [0.717, 1.165) is 17.3 Å². The second-order valence-electron chi connectivity index (χ2n) is 7.11. The van der Waals surface area contributed by atoms with Crippen molar-refractivity contribution in [3.63, 3.8) is 0 Å². The number of nitrogens with one attached hydrogen (secondary N) is 1. The SMILES string of the molecule is Cc1nc(NC(=O)/C(C#N)=C2/SCC(=O)N2c2ccccc2)c(C#N)c(-c2ccco2)c1C. The number of aromatic nitrogens is 1. The lowest BCUT2D eigenvalue weighted by molar-refractivity contribution is -0.115. The normalized spacial score (nSPS) is 14.5. The monoisotopic (exact) mass is 455 g/mol. The van der Waals surface area contributed by atoms with Crippen molar-refractivity contribution < 1.29 is 14.0 Å². The number of thioether (sulfide) groups is 1. The van der Waals surface area contributed by atoms with Crippen molar-refractivity contribution in [3.05, 3.63) is 76.2 Å². The van der Waals surface area contributed by atoms with Crippen LogP contribution in [0.15, 0.2) is 63.7 Å². The highest BCUT2D eigenvalue weighted by molar-refractivity contribution is 8.04. The third-order valence-corrected chi connectivity index (χ3v) is 6.20. The van der Waals surface area contributed by atoms with E-state index < -0.39 is 5.91 Å². The predicted octanol–water partition coefficient (Wildman–Crippen LogP) is 4.28. The Morgan fingerprint density at radius 1 is 1.18 bits per heavy atom. The molecular weight excluding hydrogens is 438 g/mol. The van der Waals surface area contributed by atoms with Gasteiger partial charge in [0.25, 0.3) is 5.91 Å². The molecule has 1 aliphatic rings. The van der Waals surface area contributed by atoms with Gasteiger partial charge >= 0.3 is 0 Å². The maximum Gasteiger partial charge on any atom is 0.270 e. The van der Waals surface area contributed by atoms with Crippen LogP contribution in [0.2, 0.25) is 0 Å². The number of hydrogen-bond acceptors (Lipinski definition) is 7. The molecule has 1 aromatic carbocycles. The standard InChI is InChI=1S/C24H17N5O3S/c1-14-15(2)27-22(17(11-25)21(14)19-9-6-10-32-19)28-23(31)18(12-26)24-29(20(30)13-33-24)16-7-4-3-5-8-16/h3-10H,13H2,1-2H3,(H,27,28,31)/b24-18+. The van der Waals surface area contributed by atoms with Gasteiger partial charge in [0.05, 0.1) is 12.0 Å². The van der Waals surface area contributed by atoms with Gasteiger partial charge in [-0.25, -0.2) is 4.98 Å². The molecule has 162 valence electrons. The maximum atomic E-state index is 13.2. The largest absolute Gasteiger partial charge is 0.464 e. The van der Waals surface area contributed by atoms with Crippen LogP contribution in [0, 0.1) is 36.5 Å². The van der Waals surface area contributed by atoms with Gasteiger partial charge in [0.2, 0.25) is 5.91 Å². The summed E-state index contributed by atoms with van der Waals surface area (Å²) in [5.74, 6) is -0.393. The van der Waals surface area contributed by atoms with Gasteiger partial charge in [0, 0.05) is 16.9 Å². The Bertz CT molecular complexity index is 1370. The molecule has 3 aromatic rings. The minimum Gasteiger partial charge on any atom is -0.464 e. The van der Waals surface area contributed by atoms with Crippen molar-refractivity contribution in [2.75, 3.05) is 16.0 Å². The molecule has 2 amide bonds. The number of nitriles is 2. The Kier molecular flexibility index (Phi) is 5.99. The molecule has 0 aliphatic carbocycles. The molecule has 0 unspecified atom stereocenters. The average Bonchev–Trinajstić information content (AvgIpc) is 3.47. The van der Waals surface area contributed by atoms with Crippen LogP contribution in [-0.4, -0.2) is 22.6 Å². The summed E-state index contributed by atoms with van der Waals surface area (Å²) < 4.78 is 5.48. The van der Waals surface area contributed by atoms with E-state index in [2.05, 4.69) is 16.4 Å². The number of hydrogen-bond donors (Lipinski definition) is 1. The van der Waals surface area contributed by atoms with Crippen LogP contribution in [0.4, 0.5) is 11.5 Å². The fraction of sp³-hybridized carbons (Fsp3) is 0.125. The molecule has 4 rings (SSSR count). The van der Waals surface area contributed by atoms with Gasteiger partial charge in [-0.05, 0) is 43.7 Å². The number of anilines is 2. The number of nitrogens with zero attached hydrogens (tertiary/aromatic N) is 4. The van der Waals surface area contributed by atoms with Crippen LogP contribution >= 0.6 is 11.8 Å². The van der Waals surface area contributed by atoms with Gasteiger partial charge in [0.15, 0.2) is 5.82 Å². The van der Waals surface area contributed by atoms with Crippen LogP contribution < -0.4 is 10.2 Å². The second kappa shape index (κ2) is 9.03. The summed E-state index contributed by atoms with van der Waals surface area (Å²) in [4.78, 5) is 31.4. The number of amides is 2. The smallest absolute Gasteiger partial charge is 0.270 e. The van der Waals surface area contributed by atoms with E-state index >= 15 is 0 Å². The van der Waals surface area contributed by atoms with Crippen molar-refractivity contribution >= 4 is 35.1 Å². The Labute approximate surface area is 194 Å². The number of furan rings is 1. The zero-order valence-electron chi connectivity index (χ0n) is 17.7. The molecule has 0 spiro atoms. The van der Waals surface area contributed by atoms with Crippen LogP contribution in [0.3, 0.4) is 0 Å². The van der Waals surface area contributed by atoms with Gasteiger partial charge in [-0.3, -0.25) is 14.5 Å². The summed E-state index contributed by atoms with van der Waals surface area (Å²) in [5, 5.41) is 22.5. The zero-order chi connectivity index (χ0) is 23.5. The first-order valence-corrected chi connectivity index (χ1v) is 10.9. The van der Waals surface area contributed by atoms with Crippen molar-refractivity contribution in [2.24, 2.45) is 0 Å². The molecule has 1 N–H and O–H groups in total. The van der Waals surface area contributed by atoms with Gasteiger partial charge < -0.3 is 9.73 Å². The lowest BCUT2D eigenvalue weighted by atomic mass is 10.00. The Balaban J connectivity index is 1.77. The fourth-order valence-electron chi connectivity index (χ4n) is 3.48. The van der Waals surface area contributed by atoms with Crippen LogP contribution in [0.1, 0.15) is 16.8 Å². The summed E-state index contributed by atoms with van der Waals surface area (Å²) in [7, 11) is 0. The molecular formula is C24H17N5O3S. The summed E-state index contributed by atoms with van der Waals surface area (Å²) in [6.45, 7) is 3.57. The van der Waals surface area contributed by atoms with Gasteiger partial charge in [0.1, 0.15) is 34.1 Å². The first-order valence-electron chi connectivity index (χ1n) is 9.88. The highest BCUT2D eigenvalue weighted by atomic mass is 32.2. The van der Waals surface area contributed by atoms with E-state index in [1.165, 1.54) is 11.2 Å². The topological polar surface area (TPSA) is 123 Å². The van der Waals surface area contributed by atoms with E-state index in [1.54, 1.807) is 43.3 Å². The van der Waals surface area contributed by atoms with Crippen LogP contribution in [0.25, 0.3) is 11.3 Å². The van der Waals surface area contributed by atoms with Gasteiger partial charge in [-0.15, -0.1) is 0 Å². The van der Waals surface area contributed by atoms with Gasteiger partial charge in [-0.1, -0.05) is 30.0 Å². The first-order chi connectivity index (χ1) is 16.0. The predicted molar refractivity (Wildman–Crippen MR) is 124 cm³/mol. The Morgan fingerprint density at radius 3 is 2.58 bits per heavy atom. The Hall–Kier alpha value is -4.34. The van der Waals surface area contributed by atoms with E-state index in [4.69, 9.17) is 4.42 Å². The summed E-state index contributed by atoms with van der Waals surface area (Å²) in [5.41, 5.74) is 2.30. The number of rotatable bonds is 4. The highest BCUT2D eigenvalue weighted by Crippen LogP contribution is 2.37. The van der Waals surface area contributed by atoms with Crippen molar-refractivity contribution in [1.82, 2.24) is 4.98 Å². The molecule has 3 heterocycles. The number of pyridine rings is 1. The average molecular weight is 455 g/mol. The molecule has 9 heteroatoms. The van der Waals surface area contributed by atoms with Gasteiger partial charge in [-0.2, -0.15) is 10.5 Å². The minimum atomic E-state index is -0.756. The number of benzene rings is 1.